The Balaban J connectivity index is 1.69. The second kappa shape index (κ2) is 9.49. The molecule has 0 spiro atoms. The van der Waals surface area contributed by atoms with E-state index >= 15 is 0 Å². The van der Waals surface area contributed by atoms with E-state index in [9.17, 15) is 9.90 Å². The van der Waals surface area contributed by atoms with Crippen LogP contribution in [0.2, 0.25) is 0 Å². The van der Waals surface area contributed by atoms with Crippen LogP contribution in [0.5, 0.6) is 0 Å². The highest BCUT2D eigenvalue weighted by Gasteiger charge is 2.19. The molecule has 2 aromatic heterocycles. The molecule has 2 aromatic carbocycles. The molecule has 168 valence electrons. The lowest BCUT2D eigenvalue weighted by Gasteiger charge is -2.19. The van der Waals surface area contributed by atoms with Crippen molar-refractivity contribution in [1.29, 1.82) is 0 Å². The zero-order chi connectivity index (χ0) is 23.4. The number of carbonyl (C=O) groups is 1. The normalized spacial score (nSPS) is 11.7. The molecule has 9 heteroatoms. The van der Waals surface area contributed by atoms with Crippen LogP contribution in [0, 0.1) is 13.8 Å². The fourth-order valence-electron chi connectivity index (χ4n) is 3.42. The second-order valence-corrected chi connectivity index (χ2v) is 7.54. The number of hydrogen-bond acceptors (Lipinski definition) is 8. The first-order valence-electron chi connectivity index (χ1n) is 10.3. The molecular formula is C24H24N6O3. The van der Waals surface area contributed by atoms with Gasteiger partial charge in [0.05, 0.1) is 24.4 Å². The Morgan fingerprint density at radius 2 is 1.91 bits per heavy atom. The van der Waals surface area contributed by atoms with Gasteiger partial charge in [0, 0.05) is 17.4 Å². The summed E-state index contributed by atoms with van der Waals surface area (Å²) in [5, 5.41) is 16.4. The molecule has 0 aliphatic heterocycles. The quantitative estimate of drug-likeness (QED) is 0.322. The summed E-state index contributed by atoms with van der Waals surface area (Å²) in [6.07, 6.45) is 3.22. The van der Waals surface area contributed by atoms with Crippen molar-refractivity contribution >= 4 is 23.4 Å². The zero-order valence-corrected chi connectivity index (χ0v) is 18.2. The van der Waals surface area contributed by atoms with Gasteiger partial charge in [-0.3, -0.25) is 4.79 Å². The number of anilines is 3. The SMILES string of the molecule is Cc1cnc(-c2cnc(Nc3ccc(C(N)=O)c(C)c3)nc2N[C@H](CO)c2ccccc2)o1. The van der Waals surface area contributed by atoms with Crippen molar-refractivity contribution in [2.24, 2.45) is 5.73 Å². The van der Waals surface area contributed by atoms with Gasteiger partial charge in [-0.15, -0.1) is 0 Å². The molecule has 2 heterocycles. The number of benzene rings is 2. The molecule has 5 N–H and O–H groups in total. The van der Waals surface area contributed by atoms with E-state index in [0.717, 1.165) is 11.1 Å². The van der Waals surface area contributed by atoms with Crippen molar-refractivity contribution < 1.29 is 14.3 Å². The minimum atomic E-state index is -0.483. The van der Waals surface area contributed by atoms with E-state index in [1.165, 1.54) is 0 Å². The van der Waals surface area contributed by atoms with Crippen molar-refractivity contribution in [2.75, 3.05) is 17.2 Å². The number of oxazole rings is 1. The average molecular weight is 444 g/mol. The summed E-state index contributed by atoms with van der Waals surface area (Å²) in [7, 11) is 0. The lowest BCUT2D eigenvalue weighted by Crippen LogP contribution is -2.17. The summed E-state index contributed by atoms with van der Waals surface area (Å²) in [6.45, 7) is 3.46. The standard InChI is InChI=1S/C24H24N6O3/c1-14-10-17(8-9-18(14)21(25)32)28-24-27-12-19(23-26-11-15(2)33-23)22(30-24)29-20(13-31)16-6-4-3-5-7-16/h3-12,20,31H,13H2,1-2H3,(H2,25,32)(H2,27,28,29,30)/t20-/m1/s1. The van der Waals surface area contributed by atoms with E-state index in [4.69, 9.17) is 10.2 Å². The minimum absolute atomic E-state index is 0.144. The highest BCUT2D eigenvalue weighted by atomic mass is 16.4. The van der Waals surface area contributed by atoms with E-state index in [2.05, 4.69) is 25.6 Å². The largest absolute Gasteiger partial charge is 0.441 e. The summed E-state index contributed by atoms with van der Waals surface area (Å²) in [6, 6.07) is 14.3. The first-order chi connectivity index (χ1) is 15.9. The number of aryl methyl sites for hydroxylation is 2. The molecule has 0 radical (unpaired) electrons. The van der Waals surface area contributed by atoms with Gasteiger partial charge >= 0.3 is 0 Å². The fraction of sp³-hybridized carbons (Fsp3) is 0.167. The van der Waals surface area contributed by atoms with E-state index < -0.39 is 11.9 Å². The monoisotopic (exact) mass is 444 g/mol. The lowest BCUT2D eigenvalue weighted by atomic mass is 10.1. The maximum absolute atomic E-state index is 11.5. The molecule has 0 unspecified atom stereocenters. The summed E-state index contributed by atoms with van der Waals surface area (Å²) >= 11 is 0. The smallest absolute Gasteiger partial charge is 0.248 e. The number of nitrogens with zero attached hydrogens (tertiary/aromatic N) is 3. The van der Waals surface area contributed by atoms with Gasteiger partial charge < -0.3 is 25.9 Å². The molecule has 1 atom stereocenters. The molecule has 0 saturated heterocycles. The van der Waals surface area contributed by atoms with Crippen LogP contribution in [0.1, 0.15) is 33.3 Å². The minimum Gasteiger partial charge on any atom is -0.441 e. The average Bonchev–Trinajstić information content (AvgIpc) is 3.24. The van der Waals surface area contributed by atoms with E-state index in [-0.39, 0.29) is 6.61 Å². The summed E-state index contributed by atoms with van der Waals surface area (Å²) in [5.74, 6) is 1.31. The summed E-state index contributed by atoms with van der Waals surface area (Å²) in [5.41, 5.74) is 8.74. The van der Waals surface area contributed by atoms with Gasteiger partial charge in [0.25, 0.3) is 0 Å². The Morgan fingerprint density at radius 1 is 1.12 bits per heavy atom. The molecule has 4 rings (SSSR count). The number of carbonyl (C=O) groups excluding carboxylic acids is 1. The number of primary amides is 1. The topological polar surface area (TPSA) is 139 Å². The zero-order valence-electron chi connectivity index (χ0n) is 18.2. The Kier molecular flexibility index (Phi) is 6.32. The molecule has 0 bridgehead atoms. The second-order valence-electron chi connectivity index (χ2n) is 7.54. The molecule has 0 fully saturated rings. The summed E-state index contributed by atoms with van der Waals surface area (Å²) in [4.78, 5) is 24.8. The predicted molar refractivity (Wildman–Crippen MR) is 125 cm³/mol. The van der Waals surface area contributed by atoms with Crippen LogP contribution in [-0.2, 0) is 0 Å². The Labute approximate surface area is 190 Å². The third-order valence-electron chi connectivity index (χ3n) is 5.08. The number of amides is 1. The maximum atomic E-state index is 11.5. The number of aliphatic hydroxyl groups is 1. The number of nitrogens with two attached hydrogens (primary N) is 1. The maximum Gasteiger partial charge on any atom is 0.248 e. The van der Waals surface area contributed by atoms with Crippen LogP contribution in [-0.4, -0.2) is 32.6 Å². The molecule has 1 amide bonds. The van der Waals surface area contributed by atoms with Crippen molar-refractivity contribution in [1.82, 2.24) is 15.0 Å². The van der Waals surface area contributed by atoms with Gasteiger partial charge in [-0.05, 0) is 43.2 Å². The summed E-state index contributed by atoms with van der Waals surface area (Å²) < 4.78 is 5.68. The lowest BCUT2D eigenvalue weighted by molar-refractivity contribution is 0.0999. The van der Waals surface area contributed by atoms with Crippen molar-refractivity contribution in [3.05, 3.63) is 83.4 Å². The highest BCUT2D eigenvalue weighted by Crippen LogP contribution is 2.30. The van der Waals surface area contributed by atoms with Gasteiger partial charge in [0.15, 0.2) is 0 Å². The van der Waals surface area contributed by atoms with Crippen LogP contribution in [0.25, 0.3) is 11.5 Å². The number of aromatic nitrogens is 3. The number of hydrogen-bond donors (Lipinski definition) is 4. The molecule has 0 aliphatic carbocycles. The number of rotatable bonds is 8. The highest BCUT2D eigenvalue weighted by molar-refractivity contribution is 5.94. The third-order valence-corrected chi connectivity index (χ3v) is 5.08. The first kappa shape index (κ1) is 22.0. The van der Waals surface area contributed by atoms with Crippen LogP contribution >= 0.6 is 0 Å². The van der Waals surface area contributed by atoms with Gasteiger partial charge in [-0.1, -0.05) is 30.3 Å². The van der Waals surface area contributed by atoms with Crippen molar-refractivity contribution in [2.45, 2.75) is 19.9 Å². The first-order valence-corrected chi connectivity index (χ1v) is 10.3. The van der Waals surface area contributed by atoms with Crippen LogP contribution < -0.4 is 16.4 Å². The molecular weight excluding hydrogens is 420 g/mol. The van der Waals surface area contributed by atoms with Crippen molar-refractivity contribution in [3.63, 3.8) is 0 Å². The van der Waals surface area contributed by atoms with Gasteiger partial charge in [-0.25, -0.2) is 9.97 Å². The Hall–Kier alpha value is -4.24. The molecule has 4 aromatic rings. The van der Waals surface area contributed by atoms with Crippen LogP contribution in [0.3, 0.4) is 0 Å². The number of nitrogens with one attached hydrogen (secondary N) is 2. The molecule has 9 nitrogen and oxygen atoms in total. The van der Waals surface area contributed by atoms with Crippen LogP contribution in [0.15, 0.2) is 65.3 Å². The predicted octanol–water partition coefficient (Wildman–Crippen LogP) is 3.74. The third kappa shape index (κ3) is 4.99. The molecule has 0 aliphatic rings. The van der Waals surface area contributed by atoms with Gasteiger partial charge in [0.2, 0.25) is 17.7 Å². The number of aliphatic hydroxyl groups excluding tert-OH is 1. The van der Waals surface area contributed by atoms with Gasteiger partial charge in [0.1, 0.15) is 11.6 Å². The van der Waals surface area contributed by atoms with Crippen molar-refractivity contribution in [3.8, 4) is 11.5 Å². The molecule has 33 heavy (non-hydrogen) atoms. The van der Waals surface area contributed by atoms with E-state index in [0.29, 0.717) is 40.2 Å². The Morgan fingerprint density at radius 3 is 2.55 bits per heavy atom. The molecule has 0 saturated carbocycles. The van der Waals surface area contributed by atoms with E-state index in [1.54, 1.807) is 44.4 Å². The van der Waals surface area contributed by atoms with Crippen LogP contribution in [0.4, 0.5) is 17.5 Å². The Bertz CT molecular complexity index is 1270. The fourth-order valence-corrected chi connectivity index (χ4v) is 3.42. The van der Waals surface area contributed by atoms with Gasteiger partial charge in [-0.2, -0.15) is 4.98 Å². The van der Waals surface area contributed by atoms with E-state index in [1.807, 2.05) is 30.3 Å².